The first-order valence-corrected chi connectivity index (χ1v) is 18.2. The zero-order chi connectivity index (χ0) is 39.4. The molecule has 0 bridgehead atoms. The predicted molar refractivity (Wildman–Crippen MR) is 201 cm³/mol. The number of aromatic amines is 1. The van der Waals surface area contributed by atoms with Crippen LogP contribution in [0.25, 0.3) is 22.4 Å². The lowest BCUT2D eigenvalue weighted by atomic mass is 10.0. The summed E-state index contributed by atoms with van der Waals surface area (Å²) in [7, 11) is 1.24. The highest BCUT2D eigenvalue weighted by Crippen LogP contribution is 2.41. The van der Waals surface area contributed by atoms with Gasteiger partial charge in [0.2, 0.25) is 5.91 Å². The number of alkyl carbamates (subject to hydrolysis) is 1. The number of rotatable bonds is 10. The summed E-state index contributed by atoms with van der Waals surface area (Å²) in [5.41, 5.74) is 1.86. The zero-order valence-corrected chi connectivity index (χ0v) is 31.4. The number of carbonyl (C=O) groups excluding carboxylic acids is 3. The lowest BCUT2D eigenvalue weighted by Crippen LogP contribution is -2.51. The van der Waals surface area contributed by atoms with E-state index in [1.54, 1.807) is 47.5 Å². The molecule has 0 spiro atoms. The number of aromatic nitrogens is 3. The number of hydrogen-bond acceptors (Lipinski definition) is 9. The molecule has 0 radical (unpaired) electrons. The fraction of sp³-hybridized carbons (Fsp3) is 0.395. The number of likely N-dealkylation sites (tertiary alicyclic amines) is 1. The highest BCUT2D eigenvalue weighted by atomic mass is 35.5. The van der Waals surface area contributed by atoms with Gasteiger partial charge < -0.3 is 40.2 Å². The van der Waals surface area contributed by atoms with Crippen molar-refractivity contribution in [1.82, 2.24) is 30.5 Å². The van der Waals surface area contributed by atoms with Crippen LogP contribution in [0.5, 0.6) is 5.75 Å². The molecule has 0 saturated carbocycles. The van der Waals surface area contributed by atoms with Gasteiger partial charge in [-0.2, -0.15) is 0 Å². The van der Waals surface area contributed by atoms with E-state index < -0.39 is 30.2 Å². The number of benzene rings is 2. The second-order valence-electron chi connectivity index (χ2n) is 13.8. The van der Waals surface area contributed by atoms with Crippen molar-refractivity contribution < 1.29 is 37.0 Å². The van der Waals surface area contributed by atoms with E-state index in [1.807, 2.05) is 13.8 Å². The first-order valence-electron chi connectivity index (χ1n) is 17.9. The summed E-state index contributed by atoms with van der Waals surface area (Å²) in [5.74, 6) is -0.304. The number of nitrogens with one attached hydrogen (secondary N) is 4. The van der Waals surface area contributed by atoms with Crippen molar-refractivity contribution >= 4 is 41.0 Å². The first-order chi connectivity index (χ1) is 26.2. The van der Waals surface area contributed by atoms with E-state index in [0.29, 0.717) is 41.4 Å². The molecule has 0 aliphatic carbocycles. The molecule has 55 heavy (non-hydrogen) atoms. The number of pyridine rings is 1. The number of H-pyrrole nitrogens is 1. The van der Waals surface area contributed by atoms with E-state index >= 15 is 0 Å². The van der Waals surface area contributed by atoms with Crippen LogP contribution in [-0.2, 0) is 9.53 Å². The number of ether oxygens (including phenoxy) is 2. The predicted octanol–water partition coefficient (Wildman–Crippen LogP) is 6.79. The summed E-state index contributed by atoms with van der Waals surface area (Å²) in [4.78, 5) is 54.7. The van der Waals surface area contributed by atoms with Crippen molar-refractivity contribution in [3.63, 3.8) is 0 Å². The topological polar surface area (TPSA) is 154 Å². The van der Waals surface area contributed by atoms with Crippen LogP contribution in [0.1, 0.15) is 55.8 Å². The highest BCUT2D eigenvalue weighted by Gasteiger charge is 2.38. The van der Waals surface area contributed by atoms with Crippen molar-refractivity contribution in [2.45, 2.75) is 58.1 Å². The first kappa shape index (κ1) is 39.3. The minimum Gasteiger partial charge on any atom is -0.453 e. The van der Waals surface area contributed by atoms with Gasteiger partial charge in [-0.25, -0.2) is 14.8 Å². The van der Waals surface area contributed by atoms with Crippen LogP contribution >= 0.6 is 11.6 Å². The number of halogens is 4. The number of piperazine rings is 1. The third-order valence-corrected chi connectivity index (χ3v) is 10.0. The summed E-state index contributed by atoms with van der Waals surface area (Å²) in [6.07, 6.45) is -1.27. The SMILES string of the molecule is COC(=O)N[C@H](C(=O)N1CCCC1c1ncc(-c2ccc(-c3cc(Cl)c(NC(=O)c4ccc(N5CCNCC5C)nc4)cc3OC(F)(F)F)cc2)[nH]1)C(C)C. The molecular weight excluding hydrogens is 741 g/mol. The van der Waals surface area contributed by atoms with Crippen LogP contribution in [0.2, 0.25) is 5.02 Å². The Morgan fingerprint density at radius 3 is 2.42 bits per heavy atom. The fourth-order valence-corrected chi connectivity index (χ4v) is 7.04. The van der Waals surface area contributed by atoms with Gasteiger partial charge >= 0.3 is 12.5 Å². The molecule has 17 heteroatoms. The number of amides is 3. The van der Waals surface area contributed by atoms with Gasteiger partial charge in [0.15, 0.2) is 0 Å². The van der Waals surface area contributed by atoms with E-state index in [9.17, 15) is 27.6 Å². The fourth-order valence-electron chi connectivity index (χ4n) is 6.82. The third kappa shape index (κ3) is 9.14. The third-order valence-electron chi connectivity index (χ3n) is 9.69. The average Bonchev–Trinajstić information content (AvgIpc) is 3.85. The van der Waals surface area contributed by atoms with Crippen LogP contribution in [0.4, 0.5) is 29.5 Å². The van der Waals surface area contributed by atoms with Gasteiger partial charge in [0.05, 0.1) is 41.3 Å². The Morgan fingerprint density at radius 2 is 1.76 bits per heavy atom. The maximum Gasteiger partial charge on any atom is 0.573 e. The molecular formula is C38H42ClF3N8O5. The number of hydrogen-bond donors (Lipinski definition) is 4. The van der Waals surface area contributed by atoms with Gasteiger partial charge in [-0.15, -0.1) is 13.2 Å². The van der Waals surface area contributed by atoms with Crippen molar-refractivity contribution in [1.29, 1.82) is 0 Å². The van der Waals surface area contributed by atoms with E-state index in [-0.39, 0.29) is 45.7 Å². The Labute approximate surface area is 320 Å². The van der Waals surface area contributed by atoms with E-state index in [2.05, 4.69) is 47.5 Å². The molecule has 292 valence electrons. The number of imidazole rings is 1. The second kappa shape index (κ2) is 16.6. The maximum absolute atomic E-state index is 13.6. The van der Waals surface area contributed by atoms with Gasteiger partial charge in [-0.3, -0.25) is 9.59 Å². The maximum atomic E-state index is 13.6. The van der Waals surface area contributed by atoms with Crippen LogP contribution < -0.4 is 25.6 Å². The number of anilines is 2. The normalized spacial score (nSPS) is 17.9. The van der Waals surface area contributed by atoms with Crippen molar-refractivity contribution in [3.05, 3.63) is 77.3 Å². The van der Waals surface area contributed by atoms with Crippen LogP contribution in [0.3, 0.4) is 0 Å². The Morgan fingerprint density at radius 1 is 1.02 bits per heavy atom. The Bertz CT molecular complexity index is 2010. The minimum absolute atomic E-state index is 0.00321. The van der Waals surface area contributed by atoms with Gasteiger partial charge in [0, 0.05) is 50.0 Å². The second-order valence-corrected chi connectivity index (χ2v) is 14.2. The highest BCUT2D eigenvalue weighted by molar-refractivity contribution is 6.34. The number of carbonyl (C=O) groups is 3. The van der Waals surface area contributed by atoms with Gasteiger partial charge in [-0.05, 0) is 55.0 Å². The lowest BCUT2D eigenvalue weighted by Gasteiger charge is -2.34. The molecule has 4 N–H and O–H groups in total. The number of nitrogens with zero attached hydrogens (tertiary/aromatic N) is 4. The standard InChI is InChI=1S/C38H42ClF3N8O5/c1-21(2)33(48-37(53)54-4)36(52)50-14-5-6-30(50)34-45-20-29(46-34)24-9-7-23(8-10-24)26-16-27(39)28(17-31(26)55-38(40,41)42)47-35(51)25-11-12-32(44-19-25)49-15-13-43-18-22(49)3/h7-12,16-17,19-22,30,33,43H,5-6,13-15,18H2,1-4H3,(H,45,46)(H,47,51)(H,48,53)/t22?,30?,33-/m0/s1. The van der Waals surface area contributed by atoms with Gasteiger partial charge in [0.1, 0.15) is 23.4 Å². The molecule has 13 nitrogen and oxygen atoms in total. The van der Waals surface area contributed by atoms with Crippen LogP contribution in [-0.4, -0.2) is 89.5 Å². The number of alkyl halides is 3. The lowest BCUT2D eigenvalue weighted by molar-refractivity contribution is -0.274. The van der Waals surface area contributed by atoms with Gasteiger partial charge in [0.25, 0.3) is 5.91 Å². The van der Waals surface area contributed by atoms with E-state index in [4.69, 9.17) is 16.3 Å². The summed E-state index contributed by atoms with van der Waals surface area (Å²) in [6.45, 7) is 8.61. The Hall–Kier alpha value is -5.35. The minimum atomic E-state index is -5.03. The quantitative estimate of drug-likeness (QED) is 0.136. The average molecular weight is 783 g/mol. The van der Waals surface area contributed by atoms with Crippen molar-refractivity contribution in [2.24, 2.45) is 5.92 Å². The summed E-state index contributed by atoms with van der Waals surface area (Å²) < 4.78 is 50.1. The largest absolute Gasteiger partial charge is 0.573 e. The zero-order valence-electron chi connectivity index (χ0n) is 30.7. The molecule has 2 saturated heterocycles. The molecule has 2 unspecified atom stereocenters. The van der Waals surface area contributed by atoms with Crippen LogP contribution in [0, 0.1) is 5.92 Å². The van der Waals surface area contributed by atoms with Gasteiger partial charge in [-0.1, -0.05) is 49.7 Å². The Kier molecular flexibility index (Phi) is 11.9. The molecule has 3 amide bonds. The summed E-state index contributed by atoms with van der Waals surface area (Å²) >= 11 is 6.54. The molecule has 2 aromatic heterocycles. The summed E-state index contributed by atoms with van der Waals surface area (Å²) in [5, 5.41) is 8.52. The molecule has 2 aliphatic rings. The van der Waals surface area contributed by atoms with Crippen molar-refractivity contribution in [2.75, 3.05) is 43.5 Å². The molecule has 2 aromatic carbocycles. The van der Waals surface area contributed by atoms with Crippen molar-refractivity contribution in [3.8, 4) is 28.1 Å². The van der Waals surface area contributed by atoms with E-state index in [1.165, 1.54) is 19.4 Å². The molecule has 4 aromatic rings. The molecule has 4 heterocycles. The Balaban J connectivity index is 1.19. The summed E-state index contributed by atoms with van der Waals surface area (Å²) in [6, 6.07) is 11.4. The number of methoxy groups -OCH3 is 1. The van der Waals surface area contributed by atoms with E-state index in [0.717, 1.165) is 32.1 Å². The smallest absolute Gasteiger partial charge is 0.453 e. The molecule has 2 fully saturated rings. The molecule has 6 rings (SSSR count). The molecule has 3 atom stereocenters. The molecule has 2 aliphatic heterocycles. The monoisotopic (exact) mass is 782 g/mol. The van der Waals surface area contributed by atoms with Crippen LogP contribution in [0.15, 0.2) is 60.9 Å².